The van der Waals surface area contributed by atoms with Crippen LogP contribution in [0.25, 0.3) is 0 Å². The molecule has 23 heavy (non-hydrogen) atoms. The minimum absolute atomic E-state index is 0.0234. The predicted molar refractivity (Wildman–Crippen MR) is 92.0 cm³/mol. The number of para-hydroxylation sites is 1. The van der Waals surface area contributed by atoms with Gasteiger partial charge in [-0.25, -0.2) is 13.4 Å². The average Bonchev–Trinajstić information content (AvgIpc) is 2.94. The monoisotopic (exact) mass is 332 g/mol. The molecule has 1 aliphatic rings. The smallest absolute Gasteiger partial charge is 0.231 e. The summed E-state index contributed by atoms with van der Waals surface area (Å²) in [5.41, 5.74) is 0.996. The van der Waals surface area contributed by atoms with Gasteiger partial charge in [-0.05, 0) is 24.6 Å². The van der Waals surface area contributed by atoms with Gasteiger partial charge in [0.2, 0.25) is 5.95 Å². The molecule has 1 unspecified atom stereocenters. The summed E-state index contributed by atoms with van der Waals surface area (Å²) >= 11 is 0. The number of rotatable bonds is 4. The second kappa shape index (κ2) is 6.16. The van der Waals surface area contributed by atoms with Crippen molar-refractivity contribution in [1.29, 1.82) is 0 Å². The molecule has 0 bridgehead atoms. The van der Waals surface area contributed by atoms with E-state index in [1.807, 2.05) is 60.3 Å². The normalized spacial score (nSPS) is 19.5. The highest BCUT2D eigenvalue weighted by Crippen LogP contribution is 2.24. The summed E-state index contributed by atoms with van der Waals surface area (Å²) in [6, 6.07) is 11.7. The molecule has 0 amide bonds. The van der Waals surface area contributed by atoms with Crippen LogP contribution >= 0.6 is 0 Å². The molecule has 0 spiro atoms. The molecule has 0 saturated carbocycles. The van der Waals surface area contributed by atoms with Gasteiger partial charge in [0.1, 0.15) is 5.82 Å². The lowest BCUT2D eigenvalue weighted by atomic mass is 10.2. The zero-order valence-electron chi connectivity index (χ0n) is 13.3. The standard InChI is InChI=1S/C16H20N4O2S/c1-19(14-9-11-23(21,22)12-14)15-8-10-17-16(18-15)20(2)13-6-4-3-5-7-13/h3-8,10,14H,9,11-12H2,1-2H3. The van der Waals surface area contributed by atoms with E-state index in [4.69, 9.17) is 0 Å². The minimum atomic E-state index is -2.91. The molecule has 1 saturated heterocycles. The van der Waals surface area contributed by atoms with Crippen LogP contribution < -0.4 is 9.80 Å². The predicted octanol–water partition coefficient (Wildman–Crippen LogP) is 1.87. The summed E-state index contributed by atoms with van der Waals surface area (Å²) in [5.74, 6) is 1.77. The van der Waals surface area contributed by atoms with Crippen LogP contribution in [0.2, 0.25) is 0 Å². The lowest BCUT2D eigenvalue weighted by Gasteiger charge is -2.25. The molecule has 1 fully saturated rings. The van der Waals surface area contributed by atoms with Gasteiger partial charge in [-0.1, -0.05) is 18.2 Å². The van der Waals surface area contributed by atoms with Gasteiger partial charge in [-0.15, -0.1) is 0 Å². The van der Waals surface area contributed by atoms with Crippen molar-refractivity contribution in [2.24, 2.45) is 0 Å². The number of hydrogen-bond donors (Lipinski definition) is 0. The van der Waals surface area contributed by atoms with E-state index >= 15 is 0 Å². The number of nitrogens with zero attached hydrogens (tertiary/aromatic N) is 4. The Balaban J connectivity index is 1.83. The summed E-state index contributed by atoms with van der Waals surface area (Å²) in [7, 11) is 0.887. The lowest BCUT2D eigenvalue weighted by molar-refractivity contribution is 0.600. The van der Waals surface area contributed by atoms with E-state index in [1.165, 1.54) is 0 Å². The Hall–Kier alpha value is -2.15. The van der Waals surface area contributed by atoms with Crippen LogP contribution in [-0.4, -0.2) is 50.0 Å². The van der Waals surface area contributed by atoms with Crippen LogP contribution in [0.5, 0.6) is 0 Å². The molecule has 1 aromatic heterocycles. The Morgan fingerprint density at radius 2 is 1.87 bits per heavy atom. The SMILES string of the molecule is CN(c1ccccc1)c1nccc(N(C)C2CCS(=O)(=O)C2)n1. The number of hydrogen-bond acceptors (Lipinski definition) is 6. The van der Waals surface area contributed by atoms with Crippen molar-refractivity contribution in [2.75, 3.05) is 35.4 Å². The van der Waals surface area contributed by atoms with Gasteiger partial charge in [0.25, 0.3) is 0 Å². The highest BCUT2D eigenvalue weighted by molar-refractivity contribution is 7.91. The molecule has 0 N–H and O–H groups in total. The summed E-state index contributed by atoms with van der Waals surface area (Å²) < 4.78 is 23.3. The maximum atomic E-state index is 11.7. The van der Waals surface area contributed by atoms with Crippen LogP contribution in [0.4, 0.5) is 17.5 Å². The van der Waals surface area contributed by atoms with Gasteiger partial charge in [0, 0.05) is 32.0 Å². The first-order valence-corrected chi connectivity index (χ1v) is 9.33. The van der Waals surface area contributed by atoms with Crippen LogP contribution in [0.1, 0.15) is 6.42 Å². The lowest BCUT2D eigenvalue weighted by Crippen LogP contribution is -2.33. The number of anilines is 3. The summed E-state index contributed by atoms with van der Waals surface area (Å²) in [4.78, 5) is 12.8. The van der Waals surface area contributed by atoms with Crippen LogP contribution in [0, 0.1) is 0 Å². The van der Waals surface area contributed by atoms with E-state index in [9.17, 15) is 8.42 Å². The molecule has 2 aromatic rings. The summed E-state index contributed by atoms with van der Waals surface area (Å²) in [6.07, 6.45) is 2.35. The molecule has 0 radical (unpaired) electrons. The Bertz CT molecular complexity index is 780. The zero-order chi connectivity index (χ0) is 16.4. The second-order valence-corrected chi connectivity index (χ2v) is 8.01. The summed E-state index contributed by atoms with van der Waals surface area (Å²) in [6.45, 7) is 0. The third-order valence-electron chi connectivity index (χ3n) is 4.19. The van der Waals surface area contributed by atoms with E-state index in [0.717, 1.165) is 11.5 Å². The molecular formula is C16H20N4O2S. The Labute approximate surface area is 136 Å². The van der Waals surface area contributed by atoms with E-state index in [-0.39, 0.29) is 17.5 Å². The number of sulfone groups is 1. The number of benzene rings is 1. The van der Waals surface area contributed by atoms with E-state index in [2.05, 4.69) is 9.97 Å². The van der Waals surface area contributed by atoms with Crippen molar-refractivity contribution in [3.05, 3.63) is 42.6 Å². The van der Waals surface area contributed by atoms with E-state index in [1.54, 1.807) is 6.20 Å². The molecule has 122 valence electrons. The average molecular weight is 332 g/mol. The second-order valence-electron chi connectivity index (χ2n) is 5.78. The first-order valence-electron chi connectivity index (χ1n) is 7.51. The Morgan fingerprint density at radius 3 is 2.52 bits per heavy atom. The van der Waals surface area contributed by atoms with E-state index < -0.39 is 9.84 Å². The molecular weight excluding hydrogens is 312 g/mol. The minimum Gasteiger partial charge on any atom is -0.355 e. The van der Waals surface area contributed by atoms with Gasteiger partial charge in [0.05, 0.1) is 11.5 Å². The van der Waals surface area contributed by atoms with Crippen molar-refractivity contribution >= 4 is 27.3 Å². The van der Waals surface area contributed by atoms with Crippen molar-refractivity contribution in [3.63, 3.8) is 0 Å². The van der Waals surface area contributed by atoms with E-state index in [0.29, 0.717) is 12.4 Å². The van der Waals surface area contributed by atoms with Crippen LogP contribution in [-0.2, 0) is 9.84 Å². The highest BCUT2D eigenvalue weighted by atomic mass is 32.2. The Morgan fingerprint density at radius 1 is 1.13 bits per heavy atom. The number of aromatic nitrogens is 2. The van der Waals surface area contributed by atoms with Crippen molar-refractivity contribution < 1.29 is 8.42 Å². The first-order chi connectivity index (χ1) is 11.0. The third-order valence-corrected chi connectivity index (χ3v) is 5.94. The molecule has 6 nitrogen and oxygen atoms in total. The van der Waals surface area contributed by atoms with Crippen molar-refractivity contribution in [2.45, 2.75) is 12.5 Å². The van der Waals surface area contributed by atoms with Crippen molar-refractivity contribution in [3.8, 4) is 0 Å². The Kier molecular flexibility index (Phi) is 4.21. The van der Waals surface area contributed by atoms with Gasteiger partial charge < -0.3 is 9.80 Å². The first kappa shape index (κ1) is 15.7. The fourth-order valence-electron chi connectivity index (χ4n) is 2.73. The molecule has 1 aliphatic heterocycles. The van der Waals surface area contributed by atoms with Gasteiger partial charge >= 0.3 is 0 Å². The third kappa shape index (κ3) is 3.44. The molecule has 7 heteroatoms. The van der Waals surface area contributed by atoms with Gasteiger partial charge in [-0.2, -0.15) is 4.98 Å². The fourth-order valence-corrected chi connectivity index (χ4v) is 4.51. The molecule has 1 aromatic carbocycles. The van der Waals surface area contributed by atoms with Crippen LogP contribution in [0.15, 0.2) is 42.6 Å². The van der Waals surface area contributed by atoms with Gasteiger partial charge in [0.15, 0.2) is 9.84 Å². The molecule has 1 atom stereocenters. The maximum absolute atomic E-state index is 11.7. The summed E-state index contributed by atoms with van der Waals surface area (Å²) in [5, 5.41) is 0. The maximum Gasteiger partial charge on any atom is 0.231 e. The van der Waals surface area contributed by atoms with Gasteiger partial charge in [-0.3, -0.25) is 0 Å². The van der Waals surface area contributed by atoms with Crippen molar-refractivity contribution in [1.82, 2.24) is 9.97 Å². The van der Waals surface area contributed by atoms with Crippen LogP contribution in [0.3, 0.4) is 0 Å². The quantitative estimate of drug-likeness (QED) is 0.851. The molecule has 2 heterocycles. The molecule has 0 aliphatic carbocycles. The largest absolute Gasteiger partial charge is 0.355 e. The zero-order valence-corrected chi connectivity index (χ0v) is 14.1. The topological polar surface area (TPSA) is 66.4 Å². The molecule has 3 rings (SSSR count). The fraction of sp³-hybridized carbons (Fsp3) is 0.375. The highest BCUT2D eigenvalue weighted by Gasteiger charge is 2.31.